The molecule has 2 nitrogen and oxygen atoms in total. The normalized spacial score (nSPS) is 26.1. The summed E-state index contributed by atoms with van der Waals surface area (Å²) in [5, 5.41) is 3.31. The molecule has 0 aromatic heterocycles. The zero-order valence-corrected chi connectivity index (χ0v) is 7.18. The predicted octanol–water partition coefficient (Wildman–Crippen LogP) is 1.33. The Morgan fingerprint density at radius 3 is 3.18 bits per heavy atom. The van der Waals surface area contributed by atoms with Gasteiger partial charge in [0.2, 0.25) is 0 Å². The van der Waals surface area contributed by atoms with Crippen LogP contribution in [0.15, 0.2) is 12.2 Å². The summed E-state index contributed by atoms with van der Waals surface area (Å²) < 4.78 is 5.57. The molecule has 1 N–H and O–H groups in total. The van der Waals surface area contributed by atoms with Gasteiger partial charge in [-0.15, -0.1) is 0 Å². The third-order valence-corrected chi connectivity index (χ3v) is 1.92. The molecule has 1 fully saturated rings. The van der Waals surface area contributed by atoms with Crippen LogP contribution in [0.3, 0.4) is 0 Å². The first-order valence-electron chi connectivity index (χ1n) is 4.37. The minimum absolute atomic E-state index is 0.444. The molecule has 0 aliphatic carbocycles. The highest BCUT2D eigenvalue weighted by Gasteiger charge is 2.11. The molecular weight excluding hydrogens is 138 g/mol. The van der Waals surface area contributed by atoms with Gasteiger partial charge in [0.15, 0.2) is 0 Å². The molecule has 64 valence electrons. The third-order valence-electron chi connectivity index (χ3n) is 1.92. The lowest BCUT2D eigenvalue weighted by molar-refractivity contribution is 0.0558. The van der Waals surface area contributed by atoms with E-state index in [-0.39, 0.29) is 0 Å². The van der Waals surface area contributed by atoms with Crippen LogP contribution in [0, 0.1) is 0 Å². The van der Waals surface area contributed by atoms with Gasteiger partial charge in [-0.3, -0.25) is 0 Å². The summed E-state index contributed by atoms with van der Waals surface area (Å²) in [6, 6.07) is 0. The third kappa shape index (κ3) is 3.54. The van der Waals surface area contributed by atoms with E-state index in [1.165, 1.54) is 12.8 Å². The van der Waals surface area contributed by atoms with Gasteiger partial charge >= 0.3 is 0 Å². The van der Waals surface area contributed by atoms with Crippen molar-refractivity contribution in [3.05, 3.63) is 12.2 Å². The summed E-state index contributed by atoms with van der Waals surface area (Å²) >= 11 is 0. The van der Waals surface area contributed by atoms with Crippen LogP contribution in [0.5, 0.6) is 0 Å². The average Bonchev–Trinajstić information content (AvgIpc) is 2.07. The molecule has 1 aliphatic heterocycles. The quantitative estimate of drug-likeness (QED) is 0.621. The minimum atomic E-state index is 0.444. The van der Waals surface area contributed by atoms with Gasteiger partial charge in [0.1, 0.15) is 0 Å². The Bertz CT molecular complexity index is 117. The van der Waals surface area contributed by atoms with E-state index in [0.29, 0.717) is 6.10 Å². The lowest BCUT2D eigenvalue weighted by atomic mass is 10.1. The maximum absolute atomic E-state index is 5.57. The van der Waals surface area contributed by atoms with E-state index in [1.807, 2.05) is 13.0 Å². The molecule has 1 rings (SSSR count). The average molecular weight is 155 g/mol. The van der Waals surface area contributed by atoms with E-state index in [1.54, 1.807) is 0 Å². The zero-order chi connectivity index (χ0) is 7.94. The Kier molecular flexibility index (Phi) is 4.24. The fraction of sp³-hybridized carbons (Fsp3) is 0.778. The van der Waals surface area contributed by atoms with Gasteiger partial charge in [-0.05, 0) is 26.3 Å². The Balaban J connectivity index is 2.04. The van der Waals surface area contributed by atoms with Crippen molar-refractivity contribution in [3.63, 3.8) is 0 Å². The van der Waals surface area contributed by atoms with Gasteiger partial charge in [0.05, 0.1) is 12.7 Å². The summed E-state index contributed by atoms with van der Waals surface area (Å²) in [4.78, 5) is 0. The first-order chi connectivity index (χ1) is 5.43. The van der Waals surface area contributed by atoms with E-state index < -0.39 is 0 Å². The van der Waals surface area contributed by atoms with Crippen molar-refractivity contribution in [2.45, 2.75) is 25.9 Å². The van der Waals surface area contributed by atoms with Crippen LogP contribution < -0.4 is 5.32 Å². The summed E-state index contributed by atoms with van der Waals surface area (Å²) in [7, 11) is 0. The van der Waals surface area contributed by atoms with Gasteiger partial charge in [-0.1, -0.05) is 12.2 Å². The molecule has 1 heterocycles. The van der Waals surface area contributed by atoms with E-state index in [9.17, 15) is 0 Å². The van der Waals surface area contributed by atoms with Crippen LogP contribution in [-0.2, 0) is 4.74 Å². The number of rotatable bonds is 3. The van der Waals surface area contributed by atoms with Crippen molar-refractivity contribution in [1.29, 1.82) is 0 Å². The Hall–Kier alpha value is -0.340. The van der Waals surface area contributed by atoms with Crippen molar-refractivity contribution < 1.29 is 4.74 Å². The number of allylic oxidation sites excluding steroid dienone is 1. The zero-order valence-electron chi connectivity index (χ0n) is 7.18. The molecule has 0 aromatic carbocycles. The number of ether oxygens (including phenoxy) is 1. The molecule has 11 heavy (non-hydrogen) atoms. The van der Waals surface area contributed by atoms with E-state index >= 15 is 0 Å². The second-order valence-corrected chi connectivity index (χ2v) is 2.87. The molecule has 0 saturated carbocycles. The molecule has 1 aliphatic rings. The lowest BCUT2D eigenvalue weighted by Gasteiger charge is -2.22. The monoisotopic (exact) mass is 155 g/mol. The molecule has 0 unspecified atom stereocenters. The molecule has 0 bridgehead atoms. The smallest absolute Gasteiger partial charge is 0.0704 e. The number of piperidine rings is 1. The fourth-order valence-electron chi connectivity index (χ4n) is 1.25. The topological polar surface area (TPSA) is 21.3 Å². The van der Waals surface area contributed by atoms with Gasteiger partial charge in [-0.25, -0.2) is 0 Å². The summed E-state index contributed by atoms with van der Waals surface area (Å²) in [5.74, 6) is 0. The maximum Gasteiger partial charge on any atom is 0.0704 e. The van der Waals surface area contributed by atoms with Gasteiger partial charge in [0, 0.05) is 6.54 Å². The predicted molar refractivity (Wildman–Crippen MR) is 46.7 cm³/mol. The van der Waals surface area contributed by atoms with E-state index in [2.05, 4.69) is 11.4 Å². The Labute approximate surface area is 68.6 Å². The highest BCUT2D eigenvalue weighted by Crippen LogP contribution is 2.05. The lowest BCUT2D eigenvalue weighted by Crippen LogP contribution is -2.35. The van der Waals surface area contributed by atoms with Crippen molar-refractivity contribution in [2.24, 2.45) is 0 Å². The largest absolute Gasteiger partial charge is 0.373 e. The molecule has 1 saturated heterocycles. The van der Waals surface area contributed by atoms with Crippen molar-refractivity contribution in [2.75, 3.05) is 19.7 Å². The van der Waals surface area contributed by atoms with Gasteiger partial charge in [0.25, 0.3) is 0 Å². The molecule has 0 amide bonds. The van der Waals surface area contributed by atoms with Crippen LogP contribution in [0.1, 0.15) is 19.8 Å². The van der Waals surface area contributed by atoms with E-state index in [0.717, 1.165) is 19.7 Å². The van der Waals surface area contributed by atoms with E-state index in [4.69, 9.17) is 4.74 Å². The van der Waals surface area contributed by atoms with Crippen LogP contribution >= 0.6 is 0 Å². The summed E-state index contributed by atoms with van der Waals surface area (Å²) in [6.07, 6.45) is 6.98. The second-order valence-electron chi connectivity index (χ2n) is 2.87. The fourth-order valence-corrected chi connectivity index (χ4v) is 1.25. The van der Waals surface area contributed by atoms with Crippen LogP contribution in [0.2, 0.25) is 0 Å². The highest BCUT2D eigenvalue weighted by molar-refractivity contribution is 4.78. The first kappa shape index (κ1) is 8.75. The Morgan fingerprint density at radius 2 is 2.55 bits per heavy atom. The molecule has 0 spiro atoms. The number of hydrogen-bond acceptors (Lipinski definition) is 2. The number of nitrogens with one attached hydrogen (secondary N) is 1. The summed E-state index contributed by atoms with van der Waals surface area (Å²) in [6.45, 7) is 4.96. The van der Waals surface area contributed by atoms with Crippen molar-refractivity contribution in [1.82, 2.24) is 5.32 Å². The second kappa shape index (κ2) is 5.33. The molecule has 0 radical (unpaired) electrons. The van der Waals surface area contributed by atoms with Crippen LogP contribution in [0.25, 0.3) is 0 Å². The van der Waals surface area contributed by atoms with Crippen LogP contribution in [-0.4, -0.2) is 25.8 Å². The van der Waals surface area contributed by atoms with Crippen LogP contribution in [0.4, 0.5) is 0 Å². The van der Waals surface area contributed by atoms with Crippen molar-refractivity contribution >= 4 is 0 Å². The Morgan fingerprint density at radius 1 is 1.64 bits per heavy atom. The highest BCUT2D eigenvalue weighted by atomic mass is 16.5. The standard InChI is InChI=1S/C9H17NO/c1-2-3-7-11-9-5-4-6-10-8-9/h2-3,9-10H,4-8H2,1H3/t9-/m0/s1. The van der Waals surface area contributed by atoms with Crippen molar-refractivity contribution in [3.8, 4) is 0 Å². The molecule has 2 heteroatoms. The molecular formula is C9H17NO. The van der Waals surface area contributed by atoms with Gasteiger partial charge in [-0.2, -0.15) is 0 Å². The van der Waals surface area contributed by atoms with Gasteiger partial charge < -0.3 is 10.1 Å². The SMILES string of the molecule is CC=CCO[C@H]1CCCNC1. The molecule has 1 atom stereocenters. The first-order valence-corrected chi connectivity index (χ1v) is 4.37. The molecule has 0 aromatic rings. The number of hydrogen-bond donors (Lipinski definition) is 1. The maximum atomic E-state index is 5.57. The summed E-state index contributed by atoms with van der Waals surface area (Å²) in [5.41, 5.74) is 0. The minimum Gasteiger partial charge on any atom is -0.373 e.